The molecule has 1 unspecified atom stereocenters. The molecule has 0 saturated heterocycles. The normalized spacial score (nSPS) is 16.7. The van der Waals surface area contributed by atoms with Crippen molar-refractivity contribution < 1.29 is 4.79 Å². The van der Waals surface area contributed by atoms with Crippen molar-refractivity contribution in [1.29, 1.82) is 0 Å². The maximum atomic E-state index is 13.3. The molecular formula is C25H28N2OS. The molecule has 0 spiro atoms. The summed E-state index contributed by atoms with van der Waals surface area (Å²) in [5.41, 5.74) is 2.28. The molecule has 1 heterocycles. The zero-order valence-corrected chi connectivity index (χ0v) is 17.9. The van der Waals surface area contributed by atoms with E-state index in [0.29, 0.717) is 0 Å². The minimum atomic E-state index is -0.0451. The molecule has 1 atom stereocenters. The first-order valence-corrected chi connectivity index (χ1v) is 11.1. The summed E-state index contributed by atoms with van der Waals surface area (Å²) in [6, 6.07) is 24.6. The van der Waals surface area contributed by atoms with E-state index in [9.17, 15) is 4.79 Å². The van der Waals surface area contributed by atoms with E-state index in [1.807, 2.05) is 36.4 Å². The van der Waals surface area contributed by atoms with Crippen LogP contribution >= 0.6 is 11.3 Å². The molecule has 1 aliphatic rings. The molecule has 0 aliphatic heterocycles. The quantitative estimate of drug-likeness (QED) is 0.566. The van der Waals surface area contributed by atoms with Crippen LogP contribution < -0.4 is 5.32 Å². The van der Waals surface area contributed by atoms with Crippen molar-refractivity contribution in [2.24, 2.45) is 0 Å². The van der Waals surface area contributed by atoms with E-state index in [1.54, 1.807) is 11.3 Å². The number of amides is 1. The lowest BCUT2D eigenvalue weighted by Gasteiger charge is -2.43. The first-order valence-electron chi connectivity index (χ1n) is 10.3. The van der Waals surface area contributed by atoms with Gasteiger partial charge >= 0.3 is 0 Å². The molecule has 1 amide bonds. The number of thiophene rings is 1. The molecule has 1 saturated carbocycles. The SMILES string of the molecule is CN(C)C1(C(NC(=O)c2ccc(-c3ccccc3)s2)c2ccccc2)CCCC1. The van der Waals surface area contributed by atoms with Gasteiger partial charge in [-0.15, -0.1) is 11.3 Å². The minimum absolute atomic E-state index is 0.0131. The van der Waals surface area contributed by atoms with Crippen LogP contribution in [0.1, 0.15) is 47.0 Å². The number of rotatable bonds is 6. The molecule has 0 bridgehead atoms. The summed E-state index contributed by atoms with van der Waals surface area (Å²) in [6.07, 6.45) is 4.60. The van der Waals surface area contributed by atoms with Crippen molar-refractivity contribution in [3.05, 3.63) is 83.2 Å². The van der Waals surface area contributed by atoms with Crippen molar-refractivity contribution >= 4 is 17.2 Å². The van der Waals surface area contributed by atoms with Crippen LogP contribution in [0.25, 0.3) is 10.4 Å². The smallest absolute Gasteiger partial charge is 0.261 e. The maximum Gasteiger partial charge on any atom is 0.261 e. The van der Waals surface area contributed by atoms with Crippen LogP contribution in [0.5, 0.6) is 0 Å². The van der Waals surface area contributed by atoms with Gasteiger partial charge in [0, 0.05) is 10.4 Å². The average molecular weight is 405 g/mol. The second kappa shape index (κ2) is 8.52. The van der Waals surface area contributed by atoms with Gasteiger partial charge < -0.3 is 10.2 Å². The Kier molecular flexibility index (Phi) is 5.84. The topological polar surface area (TPSA) is 32.3 Å². The fraction of sp³-hybridized carbons (Fsp3) is 0.320. The predicted octanol–water partition coefficient (Wildman–Crippen LogP) is 5.76. The highest BCUT2D eigenvalue weighted by Crippen LogP contribution is 2.43. The van der Waals surface area contributed by atoms with E-state index >= 15 is 0 Å². The van der Waals surface area contributed by atoms with Crippen LogP contribution in [0.2, 0.25) is 0 Å². The number of likely N-dealkylation sites (N-methyl/N-ethyl adjacent to an activating group) is 1. The van der Waals surface area contributed by atoms with Gasteiger partial charge in [-0.2, -0.15) is 0 Å². The number of nitrogens with zero attached hydrogens (tertiary/aromatic N) is 1. The summed E-state index contributed by atoms with van der Waals surface area (Å²) in [5, 5.41) is 3.41. The Morgan fingerprint density at radius 2 is 1.55 bits per heavy atom. The van der Waals surface area contributed by atoms with Gasteiger partial charge in [0.05, 0.1) is 10.9 Å². The van der Waals surface area contributed by atoms with Crippen molar-refractivity contribution in [3.8, 4) is 10.4 Å². The Morgan fingerprint density at radius 1 is 0.931 bits per heavy atom. The van der Waals surface area contributed by atoms with Gasteiger partial charge in [-0.1, -0.05) is 73.5 Å². The summed E-state index contributed by atoms with van der Waals surface area (Å²) >= 11 is 1.56. The predicted molar refractivity (Wildman–Crippen MR) is 121 cm³/mol. The third kappa shape index (κ3) is 4.00. The van der Waals surface area contributed by atoms with Gasteiger partial charge in [-0.25, -0.2) is 0 Å². The van der Waals surface area contributed by atoms with E-state index in [4.69, 9.17) is 0 Å². The van der Waals surface area contributed by atoms with Gasteiger partial charge in [0.25, 0.3) is 5.91 Å². The van der Waals surface area contributed by atoms with E-state index in [0.717, 1.165) is 28.2 Å². The Labute approximate surface area is 177 Å². The molecule has 29 heavy (non-hydrogen) atoms. The summed E-state index contributed by atoms with van der Waals surface area (Å²) in [7, 11) is 4.29. The largest absolute Gasteiger partial charge is 0.343 e. The number of benzene rings is 2. The molecule has 2 aromatic carbocycles. The molecule has 1 aromatic heterocycles. The fourth-order valence-electron chi connectivity index (χ4n) is 4.57. The zero-order chi connectivity index (χ0) is 20.3. The molecule has 1 fully saturated rings. The second-order valence-corrected chi connectivity index (χ2v) is 9.14. The summed E-state index contributed by atoms with van der Waals surface area (Å²) in [6.45, 7) is 0. The van der Waals surface area contributed by atoms with Crippen LogP contribution in [0.15, 0.2) is 72.8 Å². The summed E-state index contributed by atoms with van der Waals surface area (Å²) in [4.78, 5) is 17.5. The summed E-state index contributed by atoms with van der Waals surface area (Å²) < 4.78 is 0. The van der Waals surface area contributed by atoms with Crippen molar-refractivity contribution in [2.45, 2.75) is 37.3 Å². The lowest BCUT2D eigenvalue weighted by Crippen LogP contribution is -2.53. The zero-order valence-electron chi connectivity index (χ0n) is 17.1. The Morgan fingerprint density at radius 3 is 2.17 bits per heavy atom. The molecule has 150 valence electrons. The number of carbonyl (C=O) groups excluding carboxylic acids is 1. The first-order chi connectivity index (χ1) is 14.1. The number of hydrogen-bond donors (Lipinski definition) is 1. The van der Waals surface area contributed by atoms with Crippen molar-refractivity contribution in [3.63, 3.8) is 0 Å². The van der Waals surface area contributed by atoms with Crippen LogP contribution in [0, 0.1) is 0 Å². The highest BCUT2D eigenvalue weighted by molar-refractivity contribution is 7.17. The van der Waals surface area contributed by atoms with Gasteiger partial charge in [-0.3, -0.25) is 4.79 Å². The van der Waals surface area contributed by atoms with E-state index in [1.165, 1.54) is 18.4 Å². The number of carbonyl (C=O) groups is 1. The monoisotopic (exact) mass is 404 g/mol. The van der Waals surface area contributed by atoms with Crippen LogP contribution in [-0.2, 0) is 0 Å². The molecule has 3 nitrogen and oxygen atoms in total. The fourth-order valence-corrected chi connectivity index (χ4v) is 5.49. The van der Waals surface area contributed by atoms with Crippen molar-refractivity contribution in [2.75, 3.05) is 14.1 Å². The maximum absolute atomic E-state index is 13.3. The van der Waals surface area contributed by atoms with Gasteiger partial charge in [-0.05, 0) is 50.2 Å². The van der Waals surface area contributed by atoms with E-state index in [-0.39, 0.29) is 17.5 Å². The number of nitrogens with one attached hydrogen (secondary N) is 1. The van der Waals surface area contributed by atoms with Gasteiger partial charge in [0.15, 0.2) is 0 Å². The molecular weight excluding hydrogens is 376 g/mol. The average Bonchev–Trinajstić information content (AvgIpc) is 3.44. The highest BCUT2D eigenvalue weighted by Gasteiger charge is 2.44. The standard InChI is InChI=1S/C25H28N2OS/c1-27(2)25(17-9-10-18-25)23(20-13-7-4-8-14-20)26-24(28)22-16-15-21(29-22)19-11-5-3-6-12-19/h3-8,11-16,23H,9-10,17-18H2,1-2H3,(H,26,28). The van der Waals surface area contributed by atoms with Gasteiger partial charge in [0.1, 0.15) is 0 Å². The highest BCUT2D eigenvalue weighted by atomic mass is 32.1. The van der Waals surface area contributed by atoms with Crippen LogP contribution in [-0.4, -0.2) is 30.4 Å². The Bertz CT molecular complexity index is 943. The van der Waals surface area contributed by atoms with E-state index in [2.05, 4.69) is 60.7 Å². The summed E-state index contributed by atoms with van der Waals surface area (Å²) in [5.74, 6) is 0.0131. The molecule has 1 aliphatic carbocycles. The number of hydrogen-bond acceptors (Lipinski definition) is 3. The first kappa shape index (κ1) is 19.9. The molecule has 1 N–H and O–H groups in total. The lowest BCUT2D eigenvalue weighted by molar-refractivity contribution is 0.0769. The van der Waals surface area contributed by atoms with Gasteiger partial charge in [0.2, 0.25) is 0 Å². The Hall–Kier alpha value is -2.43. The van der Waals surface area contributed by atoms with Crippen LogP contribution in [0.3, 0.4) is 0 Å². The molecule has 0 radical (unpaired) electrons. The van der Waals surface area contributed by atoms with Crippen LogP contribution in [0.4, 0.5) is 0 Å². The van der Waals surface area contributed by atoms with Crippen molar-refractivity contribution in [1.82, 2.24) is 10.2 Å². The molecule has 3 aromatic rings. The lowest BCUT2D eigenvalue weighted by atomic mass is 9.82. The second-order valence-electron chi connectivity index (χ2n) is 8.05. The molecule has 4 heteroatoms. The Balaban J connectivity index is 1.63. The third-order valence-corrected chi connectivity index (χ3v) is 7.33. The van der Waals surface area contributed by atoms with E-state index < -0.39 is 0 Å². The minimum Gasteiger partial charge on any atom is -0.343 e. The molecule has 4 rings (SSSR count). The third-order valence-electron chi connectivity index (χ3n) is 6.19.